The van der Waals surface area contributed by atoms with Gasteiger partial charge in [-0.15, -0.1) is 0 Å². The van der Waals surface area contributed by atoms with E-state index in [1.165, 1.54) is 7.05 Å². The number of nitrogens with one attached hydrogen (secondary N) is 1. The minimum absolute atomic E-state index is 0.215. The first kappa shape index (κ1) is 20.8. The molecule has 0 aliphatic rings. The fourth-order valence-corrected chi connectivity index (χ4v) is 2.74. The van der Waals surface area contributed by atoms with Gasteiger partial charge in [0, 0.05) is 17.5 Å². The van der Waals surface area contributed by atoms with Crippen LogP contribution in [-0.2, 0) is 19.7 Å². The Hall–Kier alpha value is -2.28. The number of carbonyl (C=O) groups excluding carboxylic acids is 1. The molecule has 0 amide bonds. The van der Waals surface area contributed by atoms with Gasteiger partial charge in [0.2, 0.25) is 5.75 Å². The number of halogens is 1. The fraction of sp³-hybridized carbons (Fsp3) is 0.333. The molecule has 0 aliphatic heterocycles. The maximum Gasteiger partial charge on any atom is 0.320 e. The number of likely N-dealkylation sites (N-methyl/N-ethyl adjacent to an activating group) is 1. The Kier molecular flexibility index (Phi) is 6.81. The highest BCUT2D eigenvalue weighted by atomic mass is 35.5. The summed E-state index contributed by atoms with van der Waals surface area (Å²) in [6, 6.07) is 0.348. The van der Waals surface area contributed by atoms with E-state index in [4.69, 9.17) is 26.0 Å². The van der Waals surface area contributed by atoms with Gasteiger partial charge < -0.3 is 15.2 Å². The number of carboxylic acid groups (broad SMARTS) is 1. The molecule has 138 valence electrons. The number of nitrogens with zero attached hydrogens (tertiary/aromatic N) is 1. The van der Waals surface area contributed by atoms with Crippen LogP contribution >= 0.6 is 11.6 Å². The first-order valence-electron chi connectivity index (χ1n) is 6.53. The number of carbonyl (C=O) groups is 2. The Morgan fingerprint density at radius 1 is 1.44 bits per heavy atom. The summed E-state index contributed by atoms with van der Waals surface area (Å²) in [6.45, 7) is 0. The van der Waals surface area contributed by atoms with Crippen LogP contribution in [-0.4, -0.2) is 48.0 Å². The van der Waals surface area contributed by atoms with Gasteiger partial charge in [-0.2, -0.15) is 8.42 Å². The Morgan fingerprint density at radius 2 is 2.04 bits per heavy atom. The lowest BCUT2D eigenvalue weighted by atomic mass is 10.1. The quantitative estimate of drug-likeness (QED) is 0.188. The number of hydrogen-bond acceptors (Lipinski definition) is 8. The number of hydrogen-bond donors (Lipinski definition) is 3. The van der Waals surface area contributed by atoms with Crippen LogP contribution in [0.4, 0.5) is 5.69 Å². The predicted octanol–water partition coefficient (Wildman–Crippen LogP) is 0.853. The standard InChI is InChI=1S/C12H13ClN2O9S/c1-14-7(12(17)18)2-3-10(16)24-11-8(15(19)20)4-6(13)5-9(11)25(21,22)23/h4-5,7,14H,2-3H2,1H3,(H,17,18)(H,21,22,23)/t7-/m0/s1. The third-order valence-corrected chi connectivity index (χ3v) is 4.05. The molecule has 0 unspecified atom stereocenters. The maximum atomic E-state index is 11.8. The number of aliphatic carboxylic acids is 1. The molecule has 1 aromatic rings. The summed E-state index contributed by atoms with van der Waals surface area (Å²) >= 11 is 5.57. The van der Waals surface area contributed by atoms with E-state index in [9.17, 15) is 28.1 Å². The Balaban J connectivity index is 3.17. The third kappa shape index (κ3) is 5.63. The summed E-state index contributed by atoms with van der Waals surface area (Å²) in [4.78, 5) is 31.6. The van der Waals surface area contributed by atoms with E-state index >= 15 is 0 Å². The van der Waals surface area contributed by atoms with Crippen LogP contribution in [0, 0.1) is 10.1 Å². The number of benzene rings is 1. The van der Waals surface area contributed by atoms with Crippen LogP contribution in [0.25, 0.3) is 0 Å². The van der Waals surface area contributed by atoms with Crippen molar-refractivity contribution >= 4 is 39.3 Å². The van der Waals surface area contributed by atoms with Crippen LogP contribution in [0.3, 0.4) is 0 Å². The molecule has 0 bridgehead atoms. The number of esters is 1. The van der Waals surface area contributed by atoms with Crippen molar-refractivity contribution in [1.82, 2.24) is 5.32 Å². The van der Waals surface area contributed by atoms with Crippen LogP contribution in [0.1, 0.15) is 12.8 Å². The molecule has 1 aromatic carbocycles. The number of nitro groups is 1. The van der Waals surface area contributed by atoms with Gasteiger partial charge in [-0.1, -0.05) is 11.6 Å². The molecule has 0 fully saturated rings. The van der Waals surface area contributed by atoms with Crippen molar-refractivity contribution in [3.8, 4) is 5.75 Å². The van der Waals surface area contributed by atoms with Crippen LogP contribution in [0.15, 0.2) is 17.0 Å². The zero-order valence-corrected chi connectivity index (χ0v) is 14.2. The fourth-order valence-electron chi connectivity index (χ4n) is 1.80. The highest BCUT2D eigenvalue weighted by molar-refractivity contribution is 7.86. The molecule has 0 aromatic heterocycles. The normalized spacial score (nSPS) is 12.4. The van der Waals surface area contributed by atoms with E-state index in [0.29, 0.717) is 6.07 Å². The van der Waals surface area contributed by atoms with E-state index in [2.05, 4.69) is 5.32 Å². The molecule has 0 heterocycles. The zero-order chi connectivity index (χ0) is 19.4. The Labute approximate surface area is 146 Å². The average molecular weight is 397 g/mol. The van der Waals surface area contributed by atoms with Gasteiger partial charge in [0.25, 0.3) is 10.1 Å². The van der Waals surface area contributed by atoms with Crippen molar-refractivity contribution in [2.24, 2.45) is 0 Å². The van der Waals surface area contributed by atoms with E-state index in [-0.39, 0.29) is 11.4 Å². The lowest BCUT2D eigenvalue weighted by Crippen LogP contribution is -2.34. The maximum absolute atomic E-state index is 11.8. The van der Waals surface area contributed by atoms with E-state index < -0.39 is 55.8 Å². The Bertz CT molecular complexity index is 809. The summed E-state index contributed by atoms with van der Waals surface area (Å²) in [5.74, 6) is -3.36. The van der Waals surface area contributed by atoms with Crippen LogP contribution in [0.5, 0.6) is 5.75 Å². The highest BCUT2D eigenvalue weighted by Gasteiger charge is 2.30. The van der Waals surface area contributed by atoms with E-state index in [1.807, 2.05) is 0 Å². The van der Waals surface area contributed by atoms with Gasteiger partial charge in [-0.3, -0.25) is 24.3 Å². The molecular weight excluding hydrogens is 384 g/mol. The number of nitro benzene ring substituents is 1. The molecular formula is C12H13ClN2O9S. The summed E-state index contributed by atoms with van der Waals surface area (Å²) in [5, 5.41) is 21.9. The largest absolute Gasteiger partial charge is 0.480 e. The minimum atomic E-state index is -4.98. The number of ether oxygens (including phenoxy) is 1. The van der Waals surface area contributed by atoms with Gasteiger partial charge in [-0.25, -0.2) is 0 Å². The lowest BCUT2D eigenvalue weighted by molar-refractivity contribution is -0.385. The first-order chi connectivity index (χ1) is 11.5. The van der Waals surface area contributed by atoms with Gasteiger partial charge in [0.1, 0.15) is 10.9 Å². The second-order valence-corrected chi connectivity index (χ2v) is 6.50. The highest BCUT2D eigenvalue weighted by Crippen LogP contribution is 2.37. The molecule has 0 saturated carbocycles. The van der Waals surface area contributed by atoms with Crippen molar-refractivity contribution in [3.05, 3.63) is 27.3 Å². The number of carboxylic acids is 1. The van der Waals surface area contributed by atoms with Crippen LogP contribution in [0.2, 0.25) is 5.02 Å². The van der Waals surface area contributed by atoms with Gasteiger partial charge in [0.15, 0.2) is 0 Å². The molecule has 25 heavy (non-hydrogen) atoms. The molecule has 1 atom stereocenters. The lowest BCUT2D eigenvalue weighted by Gasteiger charge is -2.12. The van der Waals surface area contributed by atoms with E-state index in [0.717, 1.165) is 6.07 Å². The minimum Gasteiger partial charge on any atom is -0.480 e. The predicted molar refractivity (Wildman–Crippen MR) is 83.3 cm³/mol. The molecule has 11 nitrogen and oxygen atoms in total. The molecule has 3 N–H and O–H groups in total. The monoisotopic (exact) mass is 396 g/mol. The molecule has 0 aliphatic carbocycles. The first-order valence-corrected chi connectivity index (χ1v) is 8.35. The van der Waals surface area contributed by atoms with Gasteiger partial charge >= 0.3 is 17.6 Å². The summed E-state index contributed by atoms with van der Waals surface area (Å²) in [5.41, 5.74) is -0.947. The van der Waals surface area contributed by atoms with Crippen molar-refractivity contribution in [2.45, 2.75) is 23.8 Å². The SMILES string of the molecule is CN[C@@H](CCC(=O)Oc1c([N+](=O)[O-])cc(Cl)cc1S(=O)(=O)O)C(=O)O. The van der Waals surface area contributed by atoms with Crippen molar-refractivity contribution in [3.63, 3.8) is 0 Å². The van der Waals surface area contributed by atoms with Crippen molar-refractivity contribution in [2.75, 3.05) is 7.05 Å². The van der Waals surface area contributed by atoms with E-state index in [1.54, 1.807) is 0 Å². The average Bonchev–Trinajstić information content (AvgIpc) is 2.47. The molecule has 0 radical (unpaired) electrons. The smallest absolute Gasteiger partial charge is 0.320 e. The molecule has 0 saturated heterocycles. The topological polar surface area (TPSA) is 173 Å². The number of rotatable bonds is 8. The summed E-state index contributed by atoms with van der Waals surface area (Å²) in [7, 11) is -3.63. The zero-order valence-electron chi connectivity index (χ0n) is 12.6. The van der Waals surface area contributed by atoms with Gasteiger partial charge in [0.05, 0.1) is 4.92 Å². The molecule has 13 heteroatoms. The summed E-state index contributed by atoms with van der Waals surface area (Å²) in [6.07, 6.45) is -0.699. The second-order valence-electron chi connectivity index (χ2n) is 4.68. The van der Waals surface area contributed by atoms with Gasteiger partial charge in [-0.05, 0) is 19.5 Å². The van der Waals surface area contributed by atoms with Crippen molar-refractivity contribution in [1.29, 1.82) is 0 Å². The second kappa shape index (κ2) is 8.20. The third-order valence-electron chi connectivity index (χ3n) is 2.97. The molecule has 1 rings (SSSR count). The molecule has 0 spiro atoms. The summed E-state index contributed by atoms with van der Waals surface area (Å²) < 4.78 is 36.6. The van der Waals surface area contributed by atoms with Crippen molar-refractivity contribution < 1.29 is 37.3 Å². The Morgan fingerprint density at radius 3 is 2.48 bits per heavy atom. The van der Waals surface area contributed by atoms with Crippen LogP contribution < -0.4 is 10.1 Å².